The van der Waals surface area contributed by atoms with E-state index in [4.69, 9.17) is 0 Å². The number of hydrogen-bond acceptors (Lipinski definition) is 1. The smallest absolute Gasteiger partial charge is 0.174 e. The van der Waals surface area contributed by atoms with E-state index < -0.39 is 0 Å². The lowest BCUT2D eigenvalue weighted by molar-refractivity contribution is -0.905. The highest BCUT2D eigenvalue weighted by atomic mass is 32.1. The van der Waals surface area contributed by atoms with Gasteiger partial charge in [0.2, 0.25) is 0 Å². The fourth-order valence-corrected chi connectivity index (χ4v) is 5.35. The molecule has 0 spiro atoms. The van der Waals surface area contributed by atoms with Gasteiger partial charge < -0.3 is 9.47 Å². The van der Waals surface area contributed by atoms with Crippen LogP contribution in [0.25, 0.3) is 33.2 Å². The third-order valence-electron chi connectivity index (χ3n) is 6.23. The molecule has 1 aliphatic heterocycles. The van der Waals surface area contributed by atoms with Gasteiger partial charge in [-0.15, -0.1) is 0 Å². The van der Waals surface area contributed by atoms with Gasteiger partial charge in [-0.2, -0.15) is 11.3 Å². The number of H-pyrrole nitrogens is 1. The molecule has 29 heavy (non-hydrogen) atoms. The van der Waals surface area contributed by atoms with Crippen LogP contribution in [-0.4, -0.2) is 24.2 Å². The molecule has 1 aliphatic rings. The number of aromatic amines is 1. The van der Waals surface area contributed by atoms with Crippen molar-refractivity contribution < 1.29 is 9.88 Å². The lowest BCUT2D eigenvalue weighted by atomic mass is 10.0. The number of piperidine rings is 1. The molecule has 1 saturated heterocycles. The molecule has 4 heteroatoms. The fraction of sp³-hybridized carbons (Fsp3) is 0.320. The number of hydrogen-bond donors (Lipinski definition) is 1. The van der Waals surface area contributed by atoms with Crippen LogP contribution in [-0.2, 0) is 6.54 Å². The number of benzene rings is 1. The predicted octanol–water partition coefficient (Wildman–Crippen LogP) is 4.31. The van der Waals surface area contributed by atoms with Gasteiger partial charge in [-0.1, -0.05) is 18.2 Å². The normalized spacial score (nSPS) is 15.2. The van der Waals surface area contributed by atoms with Crippen molar-refractivity contribution in [1.29, 1.82) is 0 Å². The molecule has 0 saturated carbocycles. The average molecular weight is 404 g/mol. The summed E-state index contributed by atoms with van der Waals surface area (Å²) >= 11 is 1.74. The largest absolute Gasteiger partial charge is 0.347 e. The number of aromatic nitrogens is 2. The molecule has 4 aromatic rings. The van der Waals surface area contributed by atoms with E-state index >= 15 is 0 Å². The van der Waals surface area contributed by atoms with Crippen molar-refractivity contribution in [3.05, 3.63) is 65.7 Å². The number of quaternary nitrogens is 1. The third kappa shape index (κ3) is 4.00. The number of pyridine rings is 1. The molecule has 0 bridgehead atoms. The van der Waals surface area contributed by atoms with Crippen LogP contribution in [0.4, 0.5) is 0 Å². The van der Waals surface area contributed by atoms with Gasteiger partial charge in [0, 0.05) is 46.8 Å². The van der Waals surface area contributed by atoms with Crippen molar-refractivity contribution >= 4 is 22.2 Å². The summed E-state index contributed by atoms with van der Waals surface area (Å²) < 4.78 is 2.46. The number of thiophene rings is 1. The molecule has 2 N–H and O–H groups in total. The molecule has 0 unspecified atom stereocenters. The monoisotopic (exact) mass is 403 g/mol. The van der Waals surface area contributed by atoms with E-state index in [1.807, 2.05) is 0 Å². The number of nitrogens with zero attached hydrogens (tertiary/aromatic N) is 1. The summed E-state index contributed by atoms with van der Waals surface area (Å²) in [4.78, 5) is 5.17. The number of rotatable bonds is 6. The summed E-state index contributed by atoms with van der Waals surface area (Å²) in [7, 11) is 0. The van der Waals surface area contributed by atoms with Crippen LogP contribution in [0.5, 0.6) is 0 Å². The Labute approximate surface area is 176 Å². The first-order valence-corrected chi connectivity index (χ1v) is 11.8. The van der Waals surface area contributed by atoms with Gasteiger partial charge in [0.15, 0.2) is 12.4 Å². The van der Waals surface area contributed by atoms with E-state index in [9.17, 15) is 0 Å². The zero-order chi connectivity index (χ0) is 19.5. The Balaban J connectivity index is 1.42. The standard InChI is InChI=1S/C25H27N3S/c1-4-10-27(11-5-1)12-6-13-28-18-24(23-7-2-3-8-25(23)28)22-15-21(16-26-17-22)20-9-14-29-19-20/h2-3,7-9,14-19H,1,4-6,10-13H2/p+2. The lowest BCUT2D eigenvalue weighted by Gasteiger charge is -2.23. The SMILES string of the molecule is c1ccc2c(c1)c(-c1c[nH+]cc(-c3ccsc3)c1)cn2CCC[NH+]1CCCCC1. The number of likely N-dealkylation sites (tertiary alicyclic amines) is 1. The summed E-state index contributed by atoms with van der Waals surface area (Å²) in [5.41, 5.74) is 6.44. The number of para-hydroxylation sites is 1. The number of fused-ring (bicyclic) bond motifs is 1. The van der Waals surface area contributed by atoms with Crippen LogP contribution in [0.15, 0.2) is 65.7 Å². The second-order valence-electron chi connectivity index (χ2n) is 8.19. The average Bonchev–Trinajstić information content (AvgIpc) is 3.44. The van der Waals surface area contributed by atoms with E-state index in [1.54, 1.807) is 16.2 Å². The molecular weight excluding hydrogens is 374 g/mol. The maximum absolute atomic E-state index is 3.37. The molecule has 5 rings (SSSR count). The Hall–Kier alpha value is -2.43. The van der Waals surface area contributed by atoms with E-state index in [0.29, 0.717) is 0 Å². The van der Waals surface area contributed by atoms with E-state index in [2.05, 4.69) is 75.3 Å². The first-order chi connectivity index (χ1) is 14.4. The molecule has 0 amide bonds. The van der Waals surface area contributed by atoms with E-state index in [-0.39, 0.29) is 0 Å². The number of nitrogens with one attached hydrogen (secondary N) is 2. The highest BCUT2D eigenvalue weighted by Crippen LogP contribution is 2.32. The fourth-order valence-electron chi connectivity index (χ4n) is 4.69. The molecule has 148 valence electrons. The van der Waals surface area contributed by atoms with Crippen LogP contribution in [0.3, 0.4) is 0 Å². The molecule has 0 radical (unpaired) electrons. The third-order valence-corrected chi connectivity index (χ3v) is 6.92. The Morgan fingerprint density at radius 1 is 0.966 bits per heavy atom. The minimum absolute atomic E-state index is 1.10. The summed E-state index contributed by atoms with van der Waals surface area (Å²) in [5, 5.41) is 5.69. The molecular formula is C25H29N3S+2. The van der Waals surface area contributed by atoms with Crippen LogP contribution in [0, 0.1) is 0 Å². The summed E-state index contributed by atoms with van der Waals surface area (Å²) in [5.74, 6) is 0. The van der Waals surface area contributed by atoms with Gasteiger partial charge >= 0.3 is 0 Å². The van der Waals surface area contributed by atoms with Crippen molar-refractivity contribution in [2.24, 2.45) is 0 Å². The van der Waals surface area contributed by atoms with Gasteiger partial charge in [-0.3, -0.25) is 0 Å². The number of aryl methyl sites for hydroxylation is 1. The van der Waals surface area contributed by atoms with Crippen molar-refractivity contribution in [3.8, 4) is 22.3 Å². The molecule has 3 aromatic heterocycles. The zero-order valence-corrected chi connectivity index (χ0v) is 17.7. The highest BCUT2D eigenvalue weighted by molar-refractivity contribution is 7.08. The van der Waals surface area contributed by atoms with Crippen LogP contribution < -0.4 is 9.88 Å². The summed E-state index contributed by atoms with van der Waals surface area (Å²) in [6.45, 7) is 5.12. The highest BCUT2D eigenvalue weighted by Gasteiger charge is 2.15. The van der Waals surface area contributed by atoms with E-state index in [1.165, 1.54) is 78.5 Å². The van der Waals surface area contributed by atoms with Gasteiger partial charge in [-0.25, -0.2) is 4.98 Å². The summed E-state index contributed by atoms with van der Waals surface area (Å²) in [6, 6.07) is 13.3. The minimum atomic E-state index is 1.10. The van der Waals surface area contributed by atoms with Crippen LogP contribution in [0.1, 0.15) is 25.7 Å². The second-order valence-corrected chi connectivity index (χ2v) is 8.97. The van der Waals surface area contributed by atoms with Crippen LogP contribution in [0.2, 0.25) is 0 Å². The van der Waals surface area contributed by atoms with Crippen molar-refractivity contribution in [2.75, 3.05) is 19.6 Å². The quantitative estimate of drug-likeness (QED) is 0.496. The van der Waals surface area contributed by atoms with Gasteiger partial charge in [0.1, 0.15) is 0 Å². The molecule has 1 fully saturated rings. The van der Waals surface area contributed by atoms with Crippen molar-refractivity contribution in [2.45, 2.75) is 32.2 Å². The maximum atomic E-state index is 3.37. The molecule has 3 nitrogen and oxygen atoms in total. The summed E-state index contributed by atoms with van der Waals surface area (Å²) in [6.07, 6.45) is 12.1. The van der Waals surface area contributed by atoms with Crippen molar-refractivity contribution in [3.63, 3.8) is 0 Å². The lowest BCUT2D eigenvalue weighted by Crippen LogP contribution is -3.12. The minimum Gasteiger partial charge on any atom is -0.347 e. The molecule has 4 heterocycles. The Morgan fingerprint density at radius 3 is 2.69 bits per heavy atom. The second kappa shape index (κ2) is 8.52. The molecule has 1 aromatic carbocycles. The maximum Gasteiger partial charge on any atom is 0.174 e. The predicted molar refractivity (Wildman–Crippen MR) is 121 cm³/mol. The van der Waals surface area contributed by atoms with E-state index in [0.717, 1.165) is 6.54 Å². The molecule has 0 aliphatic carbocycles. The van der Waals surface area contributed by atoms with Gasteiger partial charge in [0.05, 0.1) is 19.6 Å². The van der Waals surface area contributed by atoms with Gasteiger partial charge in [-0.05, 0) is 53.8 Å². The van der Waals surface area contributed by atoms with Gasteiger partial charge in [0.25, 0.3) is 0 Å². The van der Waals surface area contributed by atoms with Crippen LogP contribution >= 0.6 is 11.3 Å². The zero-order valence-electron chi connectivity index (χ0n) is 16.9. The molecule has 0 atom stereocenters. The Morgan fingerprint density at radius 2 is 1.83 bits per heavy atom. The topological polar surface area (TPSA) is 23.5 Å². The Kier molecular flexibility index (Phi) is 5.46. The first kappa shape index (κ1) is 18.6. The Bertz CT molecular complexity index is 1070. The van der Waals surface area contributed by atoms with Crippen molar-refractivity contribution in [1.82, 2.24) is 4.57 Å². The first-order valence-electron chi connectivity index (χ1n) is 10.8.